The highest BCUT2D eigenvalue weighted by Gasteiger charge is 2.08. The first-order chi connectivity index (χ1) is 8.63. The van der Waals surface area contributed by atoms with Crippen molar-refractivity contribution in [2.24, 2.45) is 0 Å². The molecule has 0 saturated carbocycles. The van der Waals surface area contributed by atoms with Crippen molar-refractivity contribution in [2.45, 2.75) is 13.8 Å². The van der Waals surface area contributed by atoms with Crippen LogP contribution >= 0.6 is 0 Å². The van der Waals surface area contributed by atoms with Gasteiger partial charge in [0.25, 0.3) is 0 Å². The molecular formula is C17H18O. The molecule has 92 valence electrons. The quantitative estimate of drug-likeness (QED) is 0.771. The first kappa shape index (κ1) is 12.4. The van der Waals surface area contributed by atoms with E-state index in [1.54, 1.807) is 7.11 Å². The minimum Gasteiger partial charge on any atom is -0.497 e. The number of hydrogen-bond acceptors (Lipinski definition) is 1. The van der Waals surface area contributed by atoms with Gasteiger partial charge in [0.2, 0.25) is 0 Å². The lowest BCUT2D eigenvalue weighted by Gasteiger charge is -2.13. The Morgan fingerprint density at radius 2 is 1.50 bits per heavy atom. The van der Waals surface area contributed by atoms with Gasteiger partial charge in [-0.3, -0.25) is 0 Å². The molecule has 0 aromatic heterocycles. The highest BCUT2D eigenvalue weighted by Crippen LogP contribution is 2.28. The Kier molecular flexibility index (Phi) is 3.52. The van der Waals surface area contributed by atoms with Crippen LogP contribution in [0.15, 0.2) is 49.0 Å². The molecule has 0 heterocycles. The summed E-state index contributed by atoms with van der Waals surface area (Å²) in [5, 5.41) is 0. The Bertz CT molecular complexity index is 544. The van der Waals surface area contributed by atoms with Crippen molar-refractivity contribution >= 4 is 5.57 Å². The molecule has 2 aromatic rings. The summed E-state index contributed by atoms with van der Waals surface area (Å²) in [5.41, 5.74) is 5.95. The van der Waals surface area contributed by atoms with Crippen molar-refractivity contribution in [1.82, 2.24) is 0 Å². The topological polar surface area (TPSA) is 9.23 Å². The number of aryl methyl sites for hydroxylation is 2. The van der Waals surface area contributed by atoms with Crippen LogP contribution in [-0.2, 0) is 0 Å². The van der Waals surface area contributed by atoms with Crippen LogP contribution < -0.4 is 4.74 Å². The Morgan fingerprint density at radius 1 is 0.944 bits per heavy atom. The lowest BCUT2D eigenvalue weighted by atomic mass is 9.92. The van der Waals surface area contributed by atoms with Crippen molar-refractivity contribution in [2.75, 3.05) is 7.11 Å². The molecule has 0 spiro atoms. The highest BCUT2D eigenvalue weighted by molar-refractivity contribution is 5.81. The van der Waals surface area contributed by atoms with E-state index in [1.807, 2.05) is 24.3 Å². The molecular weight excluding hydrogens is 220 g/mol. The molecule has 1 nitrogen and oxygen atoms in total. The van der Waals surface area contributed by atoms with Gasteiger partial charge in [0.1, 0.15) is 5.75 Å². The van der Waals surface area contributed by atoms with Gasteiger partial charge in [-0.2, -0.15) is 0 Å². The summed E-state index contributed by atoms with van der Waals surface area (Å²) in [5.74, 6) is 0.869. The van der Waals surface area contributed by atoms with Crippen molar-refractivity contribution in [1.29, 1.82) is 0 Å². The SMILES string of the molecule is C=C(c1ccc(OC)cc1)c1c(C)cccc1C. The largest absolute Gasteiger partial charge is 0.497 e. The summed E-state index contributed by atoms with van der Waals surface area (Å²) < 4.78 is 5.17. The summed E-state index contributed by atoms with van der Waals surface area (Å²) in [7, 11) is 1.68. The van der Waals surface area contributed by atoms with E-state index in [9.17, 15) is 0 Å². The van der Waals surface area contributed by atoms with Gasteiger partial charge in [-0.15, -0.1) is 0 Å². The minimum absolute atomic E-state index is 0.869. The van der Waals surface area contributed by atoms with Gasteiger partial charge >= 0.3 is 0 Å². The Morgan fingerprint density at radius 3 is 2.00 bits per heavy atom. The molecule has 0 amide bonds. The standard InChI is InChI=1S/C17H18O/c1-12-6-5-7-13(2)17(12)14(3)15-8-10-16(18-4)11-9-15/h5-11H,3H2,1-2,4H3. The molecule has 1 heteroatoms. The third-order valence-electron chi connectivity index (χ3n) is 3.22. The van der Waals surface area contributed by atoms with Crippen LogP contribution in [0.4, 0.5) is 0 Å². The average Bonchev–Trinajstić information content (AvgIpc) is 2.38. The van der Waals surface area contributed by atoms with E-state index in [0.29, 0.717) is 0 Å². The number of benzene rings is 2. The lowest BCUT2D eigenvalue weighted by Crippen LogP contribution is -1.94. The molecule has 0 saturated heterocycles. The van der Waals surface area contributed by atoms with Gasteiger partial charge in [-0.05, 0) is 53.8 Å². The van der Waals surface area contributed by atoms with E-state index in [0.717, 1.165) is 16.9 Å². The third-order valence-corrected chi connectivity index (χ3v) is 3.22. The fourth-order valence-corrected chi connectivity index (χ4v) is 2.23. The van der Waals surface area contributed by atoms with Gasteiger partial charge in [0, 0.05) is 0 Å². The fraction of sp³-hybridized carbons (Fsp3) is 0.176. The second-order valence-electron chi connectivity index (χ2n) is 4.47. The first-order valence-corrected chi connectivity index (χ1v) is 6.03. The van der Waals surface area contributed by atoms with Crippen molar-refractivity contribution in [3.8, 4) is 5.75 Å². The smallest absolute Gasteiger partial charge is 0.118 e. The molecule has 0 radical (unpaired) electrons. The Balaban J connectivity index is 2.41. The molecule has 0 aliphatic carbocycles. The summed E-state index contributed by atoms with van der Waals surface area (Å²) in [6.45, 7) is 8.48. The van der Waals surface area contributed by atoms with Crippen LogP contribution in [0.3, 0.4) is 0 Å². The molecule has 0 aliphatic rings. The van der Waals surface area contributed by atoms with E-state index in [2.05, 4.69) is 38.6 Å². The zero-order valence-electron chi connectivity index (χ0n) is 11.2. The molecule has 0 fully saturated rings. The average molecular weight is 238 g/mol. The fourth-order valence-electron chi connectivity index (χ4n) is 2.23. The number of methoxy groups -OCH3 is 1. The van der Waals surface area contributed by atoms with Crippen molar-refractivity contribution in [3.63, 3.8) is 0 Å². The van der Waals surface area contributed by atoms with E-state index < -0.39 is 0 Å². The first-order valence-electron chi connectivity index (χ1n) is 6.03. The second-order valence-corrected chi connectivity index (χ2v) is 4.47. The van der Waals surface area contributed by atoms with Gasteiger partial charge in [0.15, 0.2) is 0 Å². The maximum Gasteiger partial charge on any atom is 0.118 e. The van der Waals surface area contributed by atoms with Crippen molar-refractivity contribution < 1.29 is 4.74 Å². The second kappa shape index (κ2) is 5.09. The zero-order chi connectivity index (χ0) is 13.1. The Labute approximate surface area is 109 Å². The predicted octanol–water partition coefficient (Wildman–Crippen LogP) is 4.37. The van der Waals surface area contributed by atoms with Crippen LogP contribution in [0.5, 0.6) is 5.75 Å². The zero-order valence-corrected chi connectivity index (χ0v) is 11.2. The lowest BCUT2D eigenvalue weighted by molar-refractivity contribution is 0.415. The van der Waals surface area contributed by atoms with E-state index in [4.69, 9.17) is 4.74 Å². The molecule has 0 unspecified atom stereocenters. The number of rotatable bonds is 3. The predicted molar refractivity (Wildman–Crippen MR) is 77.0 cm³/mol. The maximum absolute atomic E-state index is 5.17. The molecule has 2 aromatic carbocycles. The van der Waals surface area contributed by atoms with Crippen LogP contribution in [0, 0.1) is 13.8 Å². The maximum atomic E-state index is 5.17. The summed E-state index contributed by atoms with van der Waals surface area (Å²) in [4.78, 5) is 0. The van der Waals surface area contributed by atoms with Gasteiger partial charge in [0.05, 0.1) is 7.11 Å². The Hall–Kier alpha value is -2.02. The van der Waals surface area contributed by atoms with E-state index in [-0.39, 0.29) is 0 Å². The summed E-state index contributed by atoms with van der Waals surface area (Å²) in [6.07, 6.45) is 0. The number of ether oxygens (including phenoxy) is 1. The van der Waals surface area contributed by atoms with Crippen LogP contribution in [-0.4, -0.2) is 7.11 Å². The highest BCUT2D eigenvalue weighted by atomic mass is 16.5. The molecule has 18 heavy (non-hydrogen) atoms. The number of hydrogen-bond donors (Lipinski definition) is 0. The summed E-state index contributed by atoms with van der Waals surface area (Å²) >= 11 is 0. The van der Waals surface area contributed by atoms with Gasteiger partial charge < -0.3 is 4.74 Å². The van der Waals surface area contributed by atoms with Gasteiger partial charge in [-0.25, -0.2) is 0 Å². The van der Waals surface area contributed by atoms with Crippen molar-refractivity contribution in [3.05, 3.63) is 71.3 Å². The molecule has 0 atom stereocenters. The molecule has 0 aliphatic heterocycles. The van der Waals surface area contributed by atoms with E-state index in [1.165, 1.54) is 16.7 Å². The van der Waals surface area contributed by atoms with E-state index >= 15 is 0 Å². The molecule has 0 N–H and O–H groups in total. The minimum atomic E-state index is 0.869. The molecule has 0 bridgehead atoms. The monoisotopic (exact) mass is 238 g/mol. The van der Waals surface area contributed by atoms with Crippen LogP contribution in [0.25, 0.3) is 5.57 Å². The third kappa shape index (κ3) is 2.30. The normalized spacial score (nSPS) is 10.2. The van der Waals surface area contributed by atoms with Crippen LogP contribution in [0.2, 0.25) is 0 Å². The van der Waals surface area contributed by atoms with Crippen LogP contribution in [0.1, 0.15) is 22.3 Å². The summed E-state index contributed by atoms with van der Waals surface area (Å²) in [6, 6.07) is 14.4. The molecule has 2 rings (SSSR count). The van der Waals surface area contributed by atoms with Gasteiger partial charge in [-0.1, -0.05) is 36.9 Å².